The smallest absolute Gasteiger partial charge is 0.227 e. The number of benzene rings is 1. The molecule has 0 fully saturated rings. The van der Waals surface area contributed by atoms with Crippen molar-refractivity contribution in [2.45, 2.75) is 0 Å². The van der Waals surface area contributed by atoms with Crippen molar-refractivity contribution < 1.29 is 8.81 Å². The zero-order valence-electron chi connectivity index (χ0n) is 7.07. The Kier molecular flexibility index (Phi) is 1.99. The Morgan fingerprint density at radius 3 is 2.57 bits per heavy atom. The number of rotatable bonds is 1. The van der Waals surface area contributed by atoms with Crippen LogP contribution in [0.15, 0.2) is 34.9 Å². The second-order valence-electron chi connectivity index (χ2n) is 2.65. The third-order valence-corrected chi connectivity index (χ3v) is 1.71. The van der Waals surface area contributed by atoms with Gasteiger partial charge in [0.15, 0.2) is 0 Å². The van der Waals surface area contributed by atoms with E-state index in [9.17, 15) is 4.39 Å². The number of halogens is 1. The molecule has 1 aromatic carbocycles. The van der Waals surface area contributed by atoms with Crippen LogP contribution in [0.1, 0.15) is 5.76 Å². The van der Waals surface area contributed by atoms with Crippen molar-refractivity contribution in [2.75, 3.05) is 0 Å². The van der Waals surface area contributed by atoms with Crippen molar-refractivity contribution in [1.29, 1.82) is 5.26 Å². The van der Waals surface area contributed by atoms with Crippen molar-refractivity contribution in [1.82, 2.24) is 4.98 Å². The summed E-state index contributed by atoms with van der Waals surface area (Å²) in [6, 6.07) is 7.54. The number of hydrogen-bond donors (Lipinski definition) is 0. The highest BCUT2D eigenvalue weighted by atomic mass is 19.1. The maximum Gasteiger partial charge on any atom is 0.227 e. The van der Waals surface area contributed by atoms with Gasteiger partial charge in [0.25, 0.3) is 0 Å². The molecule has 0 unspecified atom stereocenters. The summed E-state index contributed by atoms with van der Waals surface area (Å²) in [6.07, 6.45) is 1.33. The zero-order chi connectivity index (χ0) is 9.97. The largest absolute Gasteiger partial charge is 0.426 e. The molecule has 2 rings (SSSR count). The standard InChI is InChI=1S/C10H5FN2O/c11-8-3-1-7(2-4-8)10-13-6-9(5-12)14-10/h1-4,6H. The monoisotopic (exact) mass is 188 g/mol. The molecule has 3 nitrogen and oxygen atoms in total. The molecule has 1 heterocycles. The summed E-state index contributed by atoms with van der Waals surface area (Å²) < 4.78 is 17.6. The second kappa shape index (κ2) is 3.30. The summed E-state index contributed by atoms with van der Waals surface area (Å²) in [7, 11) is 0. The molecule has 0 amide bonds. The van der Waals surface area contributed by atoms with E-state index in [1.165, 1.54) is 18.3 Å². The summed E-state index contributed by atoms with van der Waals surface area (Å²) in [5, 5.41) is 8.50. The molecule has 0 aliphatic rings. The SMILES string of the molecule is N#Cc1cnc(-c2ccc(F)cc2)o1. The highest BCUT2D eigenvalue weighted by Crippen LogP contribution is 2.18. The fraction of sp³-hybridized carbons (Fsp3) is 0. The van der Waals surface area contributed by atoms with Crippen LogP contribution in [0.3, 0.4) is 0 Å². The van der Waals surface area contributed by atoms with Crippen molar-refractivity contribution in [3.05, 3.63) is 42.0 Å². The van der Waals surface area contributed by atoms with Gasteiger partial charge in [0.1, 0.15) is 11.9 Å². The third kappa shape index (κ3) is 1.48. The van der Waals surface area contributed by atoms with E-state index in [2.05, 4.69) is 4.98 Å². The van der Waals surface area contributed by atoms with E-state index in [1.54, 1.807) is 12.1 Å². The third-order valence-electron chi connectivity index (χ3n) is 1.71. The summed E-state index contributed by atoms with van der Waals surface area (Å²) >= 11 is 0. The molecule has 0 N–H and O–H groups in total. The lowest BCUT2D eigenvalue weighted by Gasteiger charge is -1.93. The van der Waals surface area contributed by atoms with Gasteiger partial charge in [-0.1, -0.05) is 0 Å². The van der Waals surface area contributed by atoms with Gasteiger partial charge in [0, 0.05) is 5.56 Å². The molecule has 2 aromatic rings. The van der Waals surface area contributed by atoms with Crippen LogP contribution in [-0.4, -0.2) is 4.98 Å². The first-order valence-electron chi connectivity index (χ1n) is 3.91. The fourth-order valence-electron chi connectivity index (χ4n) is 1.05. The van der Waals surface area contributed by atoms with Crippen molar-refractivity contribution in [3.63, 3.8) is 0 Å². The van der Waals surface area contributed by atoms with Gasteiger partial charge in [-0.15, -0.1) is 0 Å². The quantitative estimate of drug-likeness (QED) is 0.690. The van der Waals surface area contributed by atoms with E-state index >= 15 is 0 Å². The summed E-state index contributed by atoms with van der Waals surface area (Å²) in [6.45, 7) is 0. The van der Waals surface area contributed by atoms with Crippen LogP contribution in [-0.2, 0) is 0 Å². The Bertz CT molecular complexity index is 482. The van der Waals surface area contributed by atoms with Crippen LogP contribution in [0, 0.1) is 17.1 Å². The fourth-order valence-corrected chi connectivity index (χ4v) is 1.05. The molecule has 0 radical (unpaired) electrons. The molecule has 0 bridgehead atoms. The zero-order valence-corrected chi connectivity index (χ0v) is 7.07. The maximum absolute atomic E-state index is 12.6. The van der Waals surface area contributed by atoms with E-state index < -0.39 is 0 Å². The van der Waals surface area contributed by atoms with Crippen LogP contribution in [0.25, 0.3) is 11.5 Å². The molecule has 0 aliphatic heterocycles. The summed E-state index contributed by atoms with van der Waals surface area (Å²) in [4.78, 5) is 3.88. The lowest BCUT2D eigenvalue weighted by molar-refractivity contribution is 0.560. The molecular formula is C10H5FN2O. The number of nitriles is 1. The Labute approximate surface area is 79.4 Å². The molecule has 1 aromatic heterocycles. The van der Waals surface area contributed by atoms with Gasteiger partial charge in [0.2, 0.25) is 11.7 Å². The van der Waals surface area contributed by atoms with Gasteiger partial charge in [-0.05, 0) is 24.3 Å². The lowest BCUT2D eigenvalue weighted by Crippen LogP contribution is -1.77. The molecular weight excluding hydrogens is 183 g/mol. The van der Waals surface area contributed by atoms with E-state index in [-0.39, 0.29) is 11.6 Å². The van der Waals surface area contributed by atoms with Crippen LogP contribution in [0.4, 0.5) is 4.39 Å². The molecule has 0 spiro atoms. The molecule has 0 aliphatic carbocycles. The minimum absolute atomic E-state index is 0.143. The number of aromatic nitrogens is 1. The van der Waals surface area contributed by atoms with Gasteiger partial charge >= 0.3 is 0 Å². The van der Waals surface area contributed by atoms with Gasteiger partial charge in [-0.3, -0.25) is 0 Å². The number of oxazole rings is 1. The number of nitrogens with zero attached hydrogens (tertiary/aromatic N) is 2. The van der Waals surface area contributed by atoms with Crippen molar-refractivity contribution >= 4 is 0 Å². The first kappa shape index (κ1) is 8.45. The summed E-state index contributed by atoms with van der Waals surface area (Å²) in [5.74, 6) is 0.145. The van der Waals surface area contributed by atoms with Gasteiger partial charge in [-0.2, -0.15) is 5.26 Å². The van der Waals surface area contributed by atoms with E-state index in [1.807, 2.05) is 6.07 Å². The molecule has 68 valence electrons. The van der Waals surface area contributed by atoms with E-state index in [4.69, 9.17) is 9.68 Å². The van der Waals surface area contributed by atoms with Gasteiger partial charge in [0.05, 0.1) is 6.20 Å². The number of hydrogen-bond acceptors (Lipinski definition) is 3. The minimum Gasteiger partial charge on any atom is -0.426 e. The first-order valence-corrected chi connectivity index (χ1v) is 3.91. The van der Waals surface area contributed by atoms with Gasteiger partial charge in [-0.25, -0.2) is 9.37 Å². The molecule has 0 atom stereocenters. The normalized spacial score (nSPS) is 9.71. The Morgan fingerprint density at radius 2 is 2.00 bits per heavy atom. The second-order valence-corrected chi connectivity index (χ2v) is 2.65. The average molecular weight is 188 g/mol. The van der Waals surface area contributed by atoms with Crippen molar-refractivity contribution in [2.24, 2.45) is 0 Å². The van der Waals surface area contributed by atoms with Crippen LogP contribution in [0.5, 0.6) is 0 Å². The molecule has 0 saturated heterocycles. The Morgan fingerprint density at radius 1 is 1.29 bits per heavy atom. The van der Waals surface area contributed by atoms with E-state index in [0.717, 1.165) is 0 Å². The van der Waals surface area contributed by atoms with Crippen LogP contribution >= 0.6 is 0 Å². The van der Waals surface area contributed by atoms with Crippen LogP contribution in [0.2, 0.25) is 0 Å². The molecule has 4 heteroatoms. The van der Waals surface area contributed by atoms with Crippen molar-refractivity contribution in [3.8, 4) is 17.5 Å². The Hall–Kier alpha value is -2.15. The van der Waals surface area contributed by atoms with Crippen LogP contribution < -0.4 is 0 Å². The minimum atomic E-state index is -0.319. The topological polar surface area (TPSA) is 49.8 Å². The maximum atomic E-state index is 12.6. The summed E-state index contributed by atoms with van der Waals surface area (Å²) in [5.41, 5.74) is 0.646. The highest BCUT2D eigenvalue weighted by molar-refractivity contribution is 5.53. The predicted octanol–water partition coefficient (Wildman–Crippen LogP) is 2.35. The predicted molar refractivity (Wildman–Crippen MR) is 46.6 cm³/mol. The molecule has 0 saturated carbocycles. The molecule has 14 heavy (non-hydrogen) atoms. The Balaban J connectivity index is 2.40. The van der Waals surface area contributed by atoms with Gasteiger partial charge < -0.3 is 4.42 Å². The highest BCUT2D eigenvalue weighted by Gasteiger charge is 2.05. The first-order chi connectivity index (χ1) is 6.79. The lowest BCUT2D eigenvalue weighted by atomic mass is 10.2. The van der Waals surface area contributed by atoms with E-state index in [0.29, 0.717) is 11.5 Å². The average Bonchev–Trinajstić information content (AvgIpc) is 2.67.